The van der Waals surface area contributed by atoms with E-state index in [-0.39, 0.29) is 29.2 Å². The standard InChI is InChI=1S/C21H25NO6S/c1-15(2)27-21(24)18(14-22-16(3)23)13-17-9-11-19(12-10-17)28-29(25,26)20-7-5-4-6-8-20/h4-12,15,18H,13-14H2,1-3H3,(H,22,23). The Hall–Kier alpha value is -2.87. The van der Waals surface area contributed by atoms with E-state index in [0.29, 0.717) is 6.42 Å². The Balaban J connectivity index is 2.08. The molecule has 29 heavy (non-hydrogen) atoms. The Morgan fingerprint density at radius 2 is 1.62 bits per heavy atom. The summed E-state index contributed by atoms with van der Waals surface area (Å²) in [6, 6.07) is 14.3. The molecule has 7 nitrogen and oxygen atoms in total. The van der Waals surface area contributed by atoms with E-state index in [1.54, 1.807) is 44.2 Å². The van der Waals surface area contributed by atoms with Gasteiger partial charge in [-0.15, -0.1) is 0 Å². The van der Waals surface area contributed by atoms with E-state index >= 15 is 0 Å². The van der Waals surface area contributed by atoms with Crippen LogP contribution in [0.25, 0.3) is 0 Å². The summed E-state index contributed by atoms with van der Waals surface area (Å²) in [5.74, 6) is -1.02. The van der Waals surface area contributed by atoms with Crippen molar-refractivity contribution in [2.24, 2.45) is 5.92 Å². The SMILES string of the molecule is CC(=O)NCC(Cc1ccc(OS(=O)(=O)c2ccccc2)cc1)C(=O)OC(C)C. The maximum Gasteiger partial charge on any atom is 0.339 e. The Bertz CT molecular complexity index is 923. The number of ether oxygens (including phenoxy) is 1. The summed E-state index contributed by atoms with van der Waals surface area (Å²) < 4.78 is 35.0. The van der Waals surface area contributed by atoms with Crippen molar-refractivity contribution in [3.05, 3.63) is 60.2 Å². The van der Waals surface area contributed by atoms with Gasteiger partial charge in [-0.1, -0.05) is 30.3 Å². The molecule has 0 saturated heterocycles. The highest BCUT2D eigenvalue weighted by atomic mass is 32.2. The minimum atomic E-state index is -3.92. The highest BCUT2D eigenvalue weighted by Gasteiger charge is 2.22. The van der Waals surface area contributed by atoms with Gasteiger partial charge in [0.2, 0.25) is 5.91 Å². The van der Waals surface area contributed by atoms with Crippen LogP contribution in [-0.2, 0) is 30.9 Å². The molecule has 0 radical (unpaired) electrons. The summed E-state index contributed by atoms with van der Waals surface area (Å²) >= 11 is 0. The summed E-state index contributed by atoms with van der Waals surface area (Å²) in [6.45, 7) is 5.05. The highest BCUT2D eigenvalue weighted by molar-refractivity contribution is 7.87. The number of benzene rings is 2. The first-order valence-electron chi connectivity index (χ1n) is 9.21. The molecule has 2 rings (SSSR count). The van der Waals surface area contributed by atoms with Gasteiger partial charge in [0.15, 0.2) is 0 Å². The normalized spacial score (nSPS) is 12.3. The van der Waals surface area contributed by atoms with Gasteiger partial charge in [0.05, 0.1) is 12.0 Å². The van der Waals surface area contributed by atoms with Crippen molar-refractivity contribution in [1.82, 2.24) is 5.32 Å². The topological polar surface area (TPSA) is 98.8 Å². The quantitative estimate of drug-likeness (QED) is 0.496. The smallest absolute Gasteiger partial charge is 0.339 e. The third kappa shape index (κ3) is 7.23. The fourth-order valence-corrected chi connectivity index (χ4v) is 3.51. The van der Waals surface area contributed by atoms with E-state index in [9.17, 15) is 18.0 Å². The average Bonchev–Trinajstić information content (AvgIpc) is 2.66. The highest BCUT2D eigenvalue weighted by Crippen LogP contribution is 2.20. The monoisotopic (exact) mass is 419 g/mol. The van der Waals surface area contributed by atoms with Crippen molar-refractivity contribution < 1.29 is 26.9 Å². The van der Waals surface area contributed by atoms with Crippen LogP contribution in [0.1, 0.15) is 26.3 Å². The third-order valence-electron chi connectivity index (χ3n) is 3.93. The molecule has 0 aliphatic heterocycles. The number of amides is 1. The van der Waals surface area contributed by atoms with Crippen LogP contribution in [0.4, 0.5) is 0 Å². The van der Waals surface area contributed by atoms with Gasteiger partial charge in [-0.2, -0.15) is 8.42 Å². The predicted octanol–water partition coefficient (Wildman–Crippen LogP) is 2.70. The second-order valence-electron chi connectivity index (χ2n) is 6.82. The van der Waals surface area contributed by atoms with Crippen LogP contribution in [0.2, 0.25) is 0 Å². The van der Waals surface area contributed by atoms with Crippen molar-refractivity contribution in [2.45, 2.75) is 38.2 Å². The van der Waals surface area contributed by atoms with E-state index in [1.165, 1.54) is 31.2 Å². The summed E-state index contributed by atoms with van der Waals surface area (Å²) in [6.07, 6.45) is 0.0682. The molecule has 1 amide bonds. The van der Waals surface area contributed by atoms with Gasteiger partial charge in [0, 0.05) is 13.5 Å². The minimum absolute atomic E-state index is 0.0656. The summed E-state index contributed by atoms with van der Waals surface area (Å²) in [7, 11) is -3.92. The van der Waals surface area contributed by atoms with E-state index < -0.39 is 22.0 Å². The lowest BCUT2D eigenvalue weighted by Gasteiger charge is -2.18. The van der Waals surface area contributed by atoms with Gasteiger partial charge < -0.3 is 14.2 Å². The molecule has 0 heterocycles. The van der Waals surface area contributed by atoms with Crippen molar-refractivity contribution in [1.29, 1.82) is 0 Å². The Morgan fingerprint density at radius 3 is 2.17 bits per heavy atom. The molecule has 0 bridgehead atoms. The molecule has 0 aromatic heterocycles. The molecule has 1 atom stereocenters. The predicted molar refractivity (Wildman–Crippen MR) is 108 cm³/mol. The van der Waals surface area contributed by atoms with Gasteiger partial charge in [-0.05, 0) is 50.1 Å². The minimum Gasteiger partial charge on any atom is -0.463 e. The van der Waals surface area contributed by atoms with E-state index in [2.05, 4.69) is 5.32 Å². The number of hydrogen-bond donors (Lipinski definition) is 1. The fourth-order valence-electron chi connectivity index (χ4n) is 2.56. The zero-order valence-corrected chi connectivity index (χ0v) is 17.4. The molecule has 0 saturated carbocycles. The molecule has 1 unspecified atom stereocenters. The molecule has 0 aliphatic carbocycles. The first-order valence-corrected chi connectivity index (χ1v) is 10.6. The van der Waals surface area contributed by atoms with Crippen molar-refractivity contribution >= 4 is 22.0 Å². The Morgan fingerprint density at radius 1 is 1.00 bits per heavy atom. The molecule has 2 aromatic rings. The first kappa shape index (κ1) is 22.4. The van der Waals surface area contributed by atoms with Crippen LogP contribution >= 0.6 is 0 Å². The molecule has 2 aromatic carbocycles. The Labute approximate surface area is 171 Å². The van der Waals surface area contributed by atoms with Gasteiger partial charge in [0.25, 0.3) is 0 Å². The van der Waals surface area contributed by atoms with Crippen molar-refractivity contribution in [3.63, 3.8) is 0 Å². The van der Waals surface area contributed by atoms with Crippen LogP contribution < -0.4 is 9.50 Å². The maximum absolute atomic E-state index is 12.3. The summed E-state index contributed by atoms with van der Waals surface area (Å²) in [5.41, 5.74) is 0.783. The molecular formula is C21H25NO6S. The third-order valence-corrected chi connectivity index (χ3v) is 5.19. The van der Waals surface area contributed by atoms with Crippen molar-refractivity contribution in [3.8, 4) is 5.75 Å². The lowest BCUT2D eigenvalue weighted by atomic mass is 9.99. The molecule has 0 aliphatic rings. The fraction of sp³-hybridized carbons (Fsp3) is 0.333. The van der Waals surface area contributed by atoms with Gasteiger partial charge >= 0.3 is 16.1 Å². The number of esters is 1. The molecule has 0 spiro atoms. The van der Waals surface area contributed by atoms with Gasteiger partial charge in [0.1, 0.15) is 10.6 Å². The summed E-state index contributed by atoms with van der Waals surface area (Å²) in [4.78, 5) is 23.6. The number of carbonyl (C=O) groups excluding carboxylic acids is 2. The number of rotatable bonds is 9. The average molecular weight is 419 g/mol. The number of nitrogens with one attached hydrogen (secondary N) is 1. The van der Waals surface area contributed by atoms with E-state index in [1.807, 2.05) is 0 Å². The first-order chi connectivity index (χ1) is 13.7. The van der Waals surface area contributed by atoms with E-state index in [4.69, 9.17) is 8.92 Å². The molecule has 156 valence electrons. The van der Waals surface area contributed by atoms with E-state index in [0.717, 1.165) is 5.56 Å². The van der Waals surface area contributed by atoms with Crippen LogP contribution in [-0.4, -0.2) is 32.9 Å². The lowest BCUT2D eigenvalue weighted by molar-refractivity contribution is -0.152. The second-order valence-corrected chi connectivity index (χ2v) is 8.36. The Kier molecular flexibility index (Phi) is 7.78. The maximum atomic E-state index is 12.3. The number of hydrogen-bond acceptors (Lipinski definition) is 6. The zero-order valence-electron chi connectivity index (χ0n) is 16.6. The van der Waals surface area contributed by atoms with Crippen LogP contribution in [0, 0.1) is 5.92 Å². The van der Waals surface area contributed by atoms with Gasteiger partial charge in [-0.3, -0.25) is 9.59 Å². The van der Waals surface area contributed by atoms with Crippen LogP contribution in [0.5, 0.6) is 5.75 Å². The largest absolute Gasteiger partial charge is 0.463 e. The van der Waals surface area contributed by atoms with Crippen LogP contribution in [0.3, 0.4) is 0 Å². The molecule has 0 fully saturated rings. The summed E-state index contributed by atoms with van der Waals surface area (Å²) in [5, 5.41) is 2.64. The lowest BCUT2D eigenvalue weighted by Crippen LogP contribution is -2.34. The molecule has 8 heteroatoms. The zero-order chi connectivity index (χ0) is 21.4. The van der Waals surface area contributed by atoms with Crippen LogP contribution in [0.15, 0.2) is 59.5 Å². The van der Waals surface area contributed by atoms with Crippen molar-refractivity contribution in [2.75, 3.05) is 6.54 Å². The second kappa shape index (κ2) is 10.1. The number of carbonyl (C=O) groups is 2. The molecular weight excluding hydrogens is 394 g/mol. The molecule has 1 N–H and O–H groups in total. The van der Waals surface area contributed by atoms with Gasteiger partial charge in [-0.25, -0.2) is 0 Å².